The monoisotopic (exact) mass is 417 g/mol. The average Bonchev–Trinajstić information content (AvgIpc) is 3.32. The number of aromatic amines is 1. The normalized spacial score (nSPS) is 12.5. The standard InChI is InChI=1S/C20H27N5O3S/c1-13(28-3)25-17-9-8-15-18(16(17)12-22-25)23-24-19(15)20(27)21-10-6-4-5-7-11-29-14(2)26/h8-9,12-13H,4-7,10-11H2,1-3H3,(H,21,27)(H,23,24). The molecule has 0 saturated carbocycles. The predicted molar refractivity (Wildman–Crippen MR) is 115 cm³/mol. The molecule has 1 amide bonds. The van der Waals surface area contributed by atoms with Crippen LogP contribution < -0.4 is 5.32 Å². The average molecular weight is 418 g/mol. The molecule has 2 heterocycles. The lowest BCUT2D eigenvalue weighted by atomic mass is 10.1. The summed E-state index contributed by atoms with van der Waals surface area (Å²) in [5, 5.41) is 16.4. The number of fused-ring (bicyclic) bond motifs is 3. The first kappa shape index (κ1) is 21.3. The van der Waals surface area contributed by atoms with Crippen molar-refractivity contribution in [2.45, 2.75) is 45.8 Å². The van der Waals surface area contributed by atoms with E-state index in [1.165, 1.54) is 11.8 Å². The zero-order valence-electron chi connectivity index (χ0n) is 17.0. The summed E-state index contributed by atoms with van der Waals surface area (Å²) in [5.41, 5.74) is 2.11. The van der Waals surface area contributed by atoms with Crippen LogP contribution in [0.3, 0.4) is 0 Å². The fraction of sp³-hybridized carbons (Fsp3) is 0.500. The van der Waals surface area contributed by atoms with Crippen LogP contribution in [0.25, 0.3) is 21.8 Å². The molecule has 0 radical (unpaired) electrons. The summed E-state index contributed by atoms with van der Waals surface area (Å²) in [6.45, 7) is 4.12. The number of rotatable bonds is 10. The van der Waals surface area contributed by atoms with Crippen LogP contribution in [0, 0.1) is 0 Å². The van der Waals surface area contributed by atoms with Gasteiger partial charge in [-0.05, 0) is 31.9 Å². The number of methoxy groups -OCH3 is 1. The fourth-order valence-corrected chi connectivity index (χ4v) is 3.89. The highest BCUT2D eigenvalue weighted by Crippen LogP contribution is 2.27. The van der Waals surface area contributed by atoms with E-state index in [1.54, 1.807) is 24.9 Å². The maximum absolute atomic E-state index is 12.6. The zero-order valence-corrected chi connectivity index (χ0v) is 17.8. The van der Waals surface area contributed by atoms with Crippen molar-refractivity contribution in [2.24, 2.45) is 0 Å². The SMILES string of the molecule is COC(C)n1ncc2c3[nH]nc(C(=O)NCCCCCCSC(C)=O)c3ccc21. The lowest BCUT2D eigenvalue weighted by Gasteiger charge is -2.10. The number of carbonyl (C=O) groups is 2. The Morgan fingerprint density at radius 1 is 1.24 bits per heavy atom. The quantitative estimate of drug-likeness (QED) is 0.488. The van der Waals surface area contributed by atoms with Crippen molar-refractivity contribution in [3.63, 3.8) is 0 Å². The second kappa shape index (κ2) is 9.89. The van der Waals surface area contributed by atoms with Crippen molar-refractivity contribution < 1.29 is 14.3 Å². The summed E-state index contributed by atoms with van der Waals surface area (Å²) < 4.78 is 7.14. The summed E-state index contributed by atoms with van der Waals surface area (Å²) >= 11 is 1.37. The van der Waals surface area contributed by atoms with Crippen LogP contribution in [0.2, 0.25) is 0 Å². The molecule has 3 rings (SSSR count). The Hall–Kier alpha value is -2.39. The minimum Gasteiger partial charge on any atom is -0.360 e. The van der Waals surface area contributed by atoms with E-state index in [1.807, 2.05) is 19.1 Å². The van der Waals surface area contributed by atoms with Gasteiger partial charge in [0.25, 0.3) is 5.91 Å². The summed E-state index contributed by atoms with van der Waals surface area (Å²) in [5.74, 6) is 0.690. The number of unbranched alkanes of at least 4 members (excludes halogenated alkanes) is 3. The number of ether oxygens (including phenoxy) is 1. The van der Waals surface area contributed by atoms with E-state index >= 15 is 0 Å². The van der Waals surface area contributed by atoms with Gasteiger partial charge in [-0.2, -0.15) is 10.2 Å². The lowest BCUT2D eigenvalue weighted by molar-refractivity contribution is -0.109. The van der Waals surface area contributed by atoms with Crippen molar-refractivity contribution >= 4 is 44.6 Å². The van der Waals surface area contributed by atoms with Gasteiger partial charge in [-0.15, -0.1) is 0 Å². The highest BCUT2D eigenvalue weighted by atomic mass is 32.2. The van der Waals surface area contributed by atoms with Crippen LogP contribution in [-0.4, -0.2) is 50.4 Å². The minimum absolute atomic E-state index is 0.168. The molecule has 0 aliphatic heterocycles. The van der Waals surface area contributed by atoms with Gasteiger partial charge in [-0.25, -0.2) is 4.68 Å². The van der Waals surface area contributed by atoms with Gasteiger partial charge in [0.2, 0.25) is 0 Å². The van der Waals surface area contributed by atoms with Crippen molar-refractivity contribution in [2.75, 3.05) is 19.4 Å². The van der Waals surface area contributed by atoms with E-state index in [4.69, 9.17) is 4.74 Å². The third-order valence-electron chi connectivity index (χ3n) is 4.88. The molecular formula is C20H27N5O3S. The highest BCUT2D eigenvalue weighted by Gasteiger charge is 2.18. The lowest BCUT2D eigenvalue weighted by Crippen LogP contribution is -2.25. The molecule has 2 N–H and O–H groups in total. The first-order valence-corrected chi connectivity index (χ1v) is 10.8. The maximum Gasteiger partial charge on any atom is 0.272 e. The van der Waals surface area contributed by atoms with Gasteiger partial charge in [0.1, 0.15) is 6.23 Å². The molecule has 156 valence electrons. The molecule has 9 heteroatoms. The summed E-state index contributed by atoms with van der Waals surface area (Å²) in [7, 11) is 1.64. The number of nitrogens with zero attached hydrogens (tertiary/aromatic N) is 3. The van der Waals surface area contributed by atoms with E-state index in [0.717, 1.165) is 53.2 Å². The van der Waals surface area contributed by atoms with E-state index in [9.17, 15) is 9.59 Å². The maximum atomic E-state index is 12.6. The van der Waals surface area contributed by atoms with E-state index in [-0.39, 0.29) is 17.3 Å². The van der Waals surface area contributed by atoms with E-state index in [2.05, 4.69) is 20.6 Å². The Morgan fingerprint density at radius 3 is 2.79 bits per heavy atom. The molecular weight excluding hydrogens is 390 g/mol. The van der Waals surface area contributed by atoms with Gasteiger partial charge < -0.3 is 10.1 Å². The number of nitrogens with one attached hydrogen (secondary N) is 2. The Balaban J connectivity index is 1.57. The molecule has 0 fully saturated rings. The second-order valence-electron chi connectivity index (χ2n) is 6.93. The number of thioether (sulfide) groups is 1. The van der Waals surface area contributed by atoms with E-state index < -0.39 is 0 Å². The van der Waals surface area contributed by atoms with Gasteiger partial charge >= 0.3 is 0 Å². The zero-order chi connectivity index (χ0) is 20.8. The van der Waals surface area contributed by atoms with E-state index in [0.29, 0.717) is 12.2 Å². The minimum atomic E-state index is -0.184. The molecule has 1 unspecified atom stereocenters. The van der Waals surface area contributed by atoms with Gasteiger partial charge in [-0.3, -0.25) is 14.7 Å². The Bertz CT molecular complexity index is 997. The number of H-pyrrole nitrogens is 1. The van der Waals surface area contributed by atoms with Crippen LogP contribution in [0.1, 0.15) is 56.2 Å². The molecule has 0 aliphatic carbocycles. The number of benzene rings is 1. The first-order chi connectivity index (χ1) is 14.0. The number of hydrogen-bond acceptors (Lipinski definition) is 6. The highest BCUT2D eigenvalue weighted by molar-refractivity contribution is 8.13. The molecule has 2 aromatic heterocycles. The topological polar surface area (TPSA) is 102 Å². The largest absolute Gasteiger partial charge is 0.360 e. The van der Waals surface area contributed by atoms with Crippen LogP contribution in [0.5, 0.6) is 0 Å². The van der Waals surface area contributed by atoms with Crippen LogP contribution in [-0.2, 0) is 9.53 Å². The molecule has 29 heavy (non-hydrogen) atoms. The molecule has 0 aliphatic rings. The molecule has 0 bridgehead atoms. The summed E-state index contributed by atoms with van der Waals surface area (Å²) in [4.78, 5) is 23.4. The van der Waals surface area contributed by atoms with Gasteiger partial charge in [-0.1, -0.05) is 24.6 Å². The summed E-state index contributed by atoms with van der Waals surface area (Å²) in [6.07, 6.45) is 5.59. The first-order valence-electron chi connectivity index (χ1n) is 9.81. The fourth-order valence-electron chi connectivity index (χ4n) is 3.26. The Morgan fingerprint density at radius 2 is 2.03 bits per heavy atom. The number of amides is 1. The van der Waals surface area contributed by atoms with Crippen LogP contribution >= 0.6 is 11.8 Å². The molecule has 0 saturated heterocycles. The number of carbonyl (C=O) groups excluding carboxylic acids is 2. The molecule has 1 aromatic carbocycles. The van der Waals surface area contributed by atoms with Crippen molar-refractivity contribution in [1.82, 2.24) is 25.3 Å². The predicted octanol–water partition coefficient (Wildman–Crippen LogP) is 3.65. The smallest absolute Gasteiger partial charge is 0.272 e. The van der Waals surface area contributed by atoms with Crippen LogP contribution in [0.15, 0.2) is 18.3 Å². The molecule has 3 aromatic rings. The number of aromatic nitrogens is 4. The van der Waals surface area contributed by atoms with Crippen LogP contribution in [0.4, 0.5) is 0 Å². The van der Waals surface area contributed by atoms with Crippen molar-refractivity contribution in [3.8, 4) is 0 Å². The van der Waals surface area contributed by atoms with Crippen molar-refractivity contribution in [1.29, 1.82) is 0 Å². The second-order valence-corrected chi connectivity index (χ2v) is 8.20. The molecule has 1 atom stereocenters. The van der Waals surface area contributed by atoms with Crippen molar-refractivity contribution in [3.05, 3.63) is 24.0 Å². The Labute approximate surface area is 173 Å². The molecule has 8 nitrogen and oxygen atoms in total. The van der Waals surface area contributed by atoms with Gasteiger partial charge in [0.05, 0.1) is 17.2 Å². The molecule has 0 spiro atoms. The van der Waals surface area contributed by atoms with Gasteiger partial charge in [0, 0.05) is 37.1 Å². The summed E-state index contributed by atoms with van der Waals surface area (Å²) in [6, 6.07) is 3.83. The van der Waals surface area contributed by atoms with Gasteiger partial charge in [0.15, 0.2) is 10.8 Å². The third-order valence-corrected chi connectivity index (χ3v) is 5.78. The number of hydrogen-bond donors (Lipinski definition) is 2. The third kappa shape index (κ3) is 4.97. The Kier molecular flexibility index (Phi) is 7.27.